The zero-order valence-corrected chi connectivity index (χ0v) is 11.0. The van der Waals surface area contributed by atoms with Gasteiger partial charge in [-0.25, -0.2) is 0 Å². The van der Waals surface area contributed by atoms with Crippen molar-refractivity contribution in [1.82, 2.24) is 10.2 Å². The monoisotopic (exact) mass is 211 g/mol. The molecule has 0 saturated carbocycles. The molecule has 0 rings (SSSR count). The molecule has 0 amide bonds. The number of nitrogens with zero attached hydrogens (tertiary/aromatic N) is 2. The lowest BCUT2D eigenvalue weighted by atomic mass is 9.96. The van der Waals surface area contributed by atoms with Crippen LogP contribution < -0.4 is 5.32 Å². The second-order valence-electron chi connectivity index (χ2n) is 5.03. The molecule has 0 aliphatic heterocycles. The smallest absolute Gasteiger partial charge is 0.104 e. The van der Waals surface area contributed by atoms with Crippen molar-refractivity contribution in [1.29, 1.82) is 5.26 Å². The van der Waals surface area contributed by atoms with Crippen molar-refractivity contribution in [2.75, 3.05) is 20.6 Å². The first-order valence-electron chi connectivity index (χ1n) is 5.62. The second-order valence-corrected chi connectivity index (χ2v) is 5.03. The molecule has 1 atom stereocenters. The van der Waals surface area contributed by atoms with Crippen molar-refractivity contribution < 1.29 is 0 Å². The number of rotatable bonds is 6. The highest BCUT2D eigenvalue weighted by Gasteiger charge is 2.26. The van der Waals surface area contributed by atoms with Gasteiger partial charge in [0.15, 0.2) is 0 Å². The molecule has 3 nitrogen and oxygen atoms in total. The van der Waals surface area contributed by atoms with Crippen LogP contribution in [0.2, 0.25) is 0 Å². The molecule has 15 heavy (non-hydrogen) atoms. The second kappa shape index (κ2) is 5.48. The Hall–Kier alpha value is -0.590. The van der Waals surface area contributed by atoms with Crippen LogP contribution in [-0.2, 0) is 0 Å². The van der Waals surface area contributed by atoms with Crippen LogP contribution in [0.25, 0.3) is 0 Å². The summed E-state index contributed by atoms with van der Waals surface area (Å²) in [6.45, 7) is 9.54. The van der Waals surface area contributed by atoms with Gasteiger partial charge in [0.2, 0.25) is 0 Å². The molecule has 1 N–H and O–H groups in total. The molecule has 0 radical (unpaired) electrons. The summed E-state index contributed by atoms with van der Waals surface area (Å²) in [6.07, 6.45) is 1.96. The van der Waals surface area contributed by atoms with Crippen LogP contribution in [0.4, 0.5) is 0 Å². The highest BCUT2D eigenvalue weighted by Crippen LogP contribution is 2.18. The number of hydrogen-bond donors (Lipinski definition) is 1. The summed E-state index contributed by atoms with van der Waals surface area (Å²) in [6, 6.07) is 2.32. The number of hydrogen-bond acceptors (Lipinski definition) is 3. The molecule has 0 aromatic carbocycles. The van der Waals surface area contributed by atoms with Crippen LogP contribution in [0.1, 0.15) is 40.5 Å². The first-order valence-corrected chi connectivity index (χ1v) is 5.62. The Morgan fingerprint density at radius 1 is 1.33 bits per heavy atom. The highest BCUT2D eigenvalue weighted by atomic mass is 15.2. The molecule has 88 valence electrons. The lowest BCUT2D eigenvalue weighted by molar-refractivity contribution is 0.141. The molecule has 0 aliphatic rings. The Morgan fingerprint density at radius 2 is 1.87 bits per heavy atom. The van der Waals surface area contributed by atoms with Crippen LogP contribution in [0.15, 0.2) is 0 Å². The van der Waals surface area contributed by atoms with Crippen LogP contribution >= 0.6 is 0 Å². The van der Waals surface area contributed by atoms with E-state index in [4.69, 9.17) is 5.26 Å². The van der Waals surface area contributed by atoms with Gasteiger partial charge >= 0.3 is 0 Å². The number of nitriles is 1. The molecule has 0 bridgehead atoms. The minimum Gasteiger partial charge on any atom is -0.303 e. The highest BCUT2D eigenvalue weighted by molar-refractivity contribution is 5.03. The van der Waals surface area contributed by atoms with E-state index >= 15 is 0 Å². The van der Waals surface area contributed by atoms with Crippen molar-refractivity contribution in [2.24, 2.45) is 0 Å². The van der Waals surface area contributed by atoms with Gasteiger partial charge in [-0.05, 0) is 47.7 Å². The maximum Gasteiger partial charge on any atom is 0.104 e. The molecule has 1 unspecified atom stereocenters. The molecule has 0 aromatic heterocycles. The fourth-order valence-corrected chi connectivity index (χ4v) is 1.20. The van der Waals surface area contributed by atoms with Gasteiger partial charge in [-0.15, -0.1) is 0 Å². The summed E-state index contributed by atoms with van der Waals surface area (Å²) in [4.78, 5) is 2.32. The predicted molar refractivity (Wildman–Crippen MR) is 64.7 cm³/mol. The van der Waals surface area contributed by atoms with Gasteiger partial charge in [-0.1, -0.05) is 6.92 Å². The van der Waals surface area contributed by atoms with E-state index < -0.39 is 5.54 Å². The van der Waals surface area contributed by atoms with Crippen molar-refractivity contribution in [3.63, 3.8) is 0 Å². The third-order valence-electron chi connectivity index (χ3n) is 3.64. The first kappa shape index (κ1) is 14.4. The molecular formula is C12H25N3. The lowest BCUT2D eigenvalue weighted by Gasteiger charge is -2.36. The van der Waals surface area contributed by atoms with Gasteiger partial charge in [0, 0.05) is 12.1 Å². The average molecular weight is 211 g/mol. The maximum atomic E-state index is 9.03. The molecule has 0 aromatic rings. The third-order valence-corrected chi connectivity index (χ3v) is 3.64. The summed E-state index contributed by atoms with van der Waals surface area (Å²) >= 11 is 0. The average Bonchev–Trinajstić information content (AvgIpc) is 2.25. The van der Waals surface area contributed by atoms with Gasteiger partial charge in [-0.3, -0.25) is 0 Å². The van der Waals surface area contributed by atoms with E-state index in [1.165, 1.54) is 0 Å². The molecule has 0 spiro atoms. The van der Waals surface area contributed by atoms with Crippen LogP contribution in [0.3, 0.4) is 0 Å². The van der Waals surface area contributed by atoms with Gasteiger partial charge in [-0.2, -0.15) is 5.26 Å². The third kappa shape index (κ3) is 4.19. The van der Waals surface area contributed by atoms with E-state index in [-0.39, 0.29) is 5.54 Å². The standard InChI is InChI=1S/C12H25N3/c1-7-11(2,3)15(6)9-8-12(4,10-13)14-5/h14H,7-9H2,1-6H3. The largest absolute Gasteiger partial charge is 0.303 e. The maximum absolute atomic E-state index is 9.03. The quantitative estimate of drug-likeness (QED) is 0.730. The van der Waals surface area contributed by atoms with Crippen molar-refractivity contribution >= 4 is 0 Å². The summed E-state index contributed by atoms with van der Waals surface area (Å²) in [5.74, 6) is 0. The molecule has 0 fully saturated rings. The fourth-order valence-electron chi connectivity index (χ4n) is 1.20. The normalized spacial score (nSPS) is 16.1. The predicted octanol–water partition coefficient (Wildman–Crippen LogP) is 2.00. The van der Waals surface area contributed by atoms with Gasteiger partial charge < -0.3 is 10.2 Å². The van der Waals surface area contributed by atoms with E-state index in [0.29, 0.717) is 0 Å². The topological polar surface area (TPSA) is 39.1 Å². The van der Waals surface area contributed by atoms with E-state index in [1.807, 2.05) is 14.0 Å². The van der Waals surface area contributed by atoms with Crippen LogP contribution in [0, 0.1) is 11.3 Å². The summed E-state index contributed by atoms with van der Waals surface area (Å²) in [7, 11) is 3.96. The number of nitrogens with one attached hydrogen (secondary N) is 1. The summed E-state index contributed by atoms with van der Waals surface area (Å²) in [5.41, 5.74) is -0.192. The van der Waals surface area contributed by atoms with E-state index in [9.17, 15) is 0 Å². The Balaban J connectivity index is 4.23. The minimum atomic E-state index is -0.405. The fraction of sp³-hybridized carbons (Fsp3) is 0.917. The molecule has 3 heteroatoms. The Morgan fingerprint density at radius 3 is 2.20 bits per heavy atom. The van der Waals surface area contributed by atoms with Gasteiger partial charge in [0.05, 0.1) is 6.07 Å². The zero-order chi connectivity index (χ0) is 12.1. The Bertz CT molecular complexity index is 230. The van der Waals surface area contributed by atoms with E-state index in [0.717, 1.165) is 19.4 Å². The summed E-state index contributed by atoms with van der Waals surface area (Å²) < 4.78 is 0. The SMILES string of the molecule is CCC(C)(C)N(C)CCC(C)(C#N)NC. The Kier molecular flexibility index (Phi) is 5.27. The van der Waals surface area contributed by atoms with Crippen LogP contribution in [-0.4, -0.2) is 36.6 Å². The minimum absolute atomic E-state index is 0.212. The summed E-state index contributed by atoms with van der Waals surface area (Å²) in [5, 5.41) is 12.1. The molecular weight excluding hydrogens is 186 g/mol. The zero-order valence-electron chi connectivity index (χ0n) is 11.0. The first-order chi connectivity index (χ1) is 6.81. The van der Waals surface area contributed by atoms with E-state index in [1.54, 1.807) is 0 Å². The molecule has 0 aliphatic carbocycles. The van der Waals surface area contributed by atoms with E-state index in [2.05, 4.69) is 44.1 Å². The van der Waals surface area contributed by atoms with Crippen molar-refractivity contribution in [3.8, 4) is 6.07 Å². The Labute approximate surface area is 94.5 Å². The van der Waals surface area contributed by atoms with Gasteiger partial charge in [0.25, 0.3) is 0 Å². The van der Waals surface area contributed by atoms with Crippen molar-refractivity contribution in [2.45, 2.75) is 51.6 Å². The van der Waals surface area contributed by atoms with Crippen molar-refractivity contribution in [3.05, 3.63) is 0 Å². The molecule has 0 saturated heterocycles. The lowest BCUT2D eigenvalue weighted by Crippen LogP contribution is -2.46. The van der Waals surface area contributed by atoms with Crippen LogP contribution in [0.5, 0.6) is 0 Å². The van der Waals surface area contributed by atoms with Gasteiger partial charge in [0.1, 0.15) is 5.54 Å². The molecule has 0 heterocycles.